The van der Waals surface area contributed by atoms with E-state index in [2.05, 4.69) is 27.3 Å². The van der Waals surface area contributed by atoms with E-state index in [1.54, 1.807) is 22.9 Å². The minimum Gasteiger partial charge on any atom is -0.478 e. The SMILES string of the molecule is Cc1cc([C@@H](C)Nc2ccncc2C(=O)O)c2nc(N3Cc4ccccc4C3)c(C)c(=O)n2c1. The second-order valence-electron chi connectivity index (χ2n) is 8.75. The van der Waals surface area contributed by atoms with E-state index in [-0.39, 0.29) is 17.2 Å². The standard InChI is InChI=1S/C26H25N5O3/c1-15-10-20(17(3)28-22-8-9-27-11-21(22)26(33)34)24-29-23(16(2)25(32)31(24)12-15)30-13-18-6-4-5-7-19(18)14-30/h4-12,17H,13-14H2,1-3H3,(H,27,28)(H,33,34)/t17-/m1/s1. The highest BCUT2D eigenvalue weighted by atomic mass is 16.4. The molecule has 0 amide bonds. The van der Waals surface area contributed by atoms with Gasteiger partial charge in [-0.25, -0.2) is 9.78 Å². The molecular formula is C26H25N5O3. The first-order chi connectivity index (χ1) is 16.3. The number of aryl methyl sites for hydroxylation is 1. The molecule has 34 heavy (non-hydrogen) atoms. The summed E-state index contributed by atoms with van der Waals surface area (Å²) in [4.78, 5) is 36.1. The Balaban J connectivity index is 1.60. The molecular weight excluding hydrogens is 430 g/mol. The first-order valence-corrected chi connectivity index (χ1v) is 11.1. The van der Waals surface area contributed by atoms with E-state index in [1.165, 1.54) is 17.3 Å². The summed E-state index contributed by atoms with van der Waals surface area (Å²) in [5.74, 6) is -0.383. The van der Waals surface area contributed by atoms with Gasteiger partial charge in [0.1, 0.15) is 17.0 Å². The molecule has 8 nitrogen and oxygen atoms in total. The number of aromatic carboxylic acids is 1. The van der Waals surface area contributed by atoms with Crippen LogP contribution in [0.2, 0.25) is 0 Å². The molecule has 4 aromatic rings. The van der Waals surface area contributed by atoms with Crippen molar-refractivity contribution in [2.45, 2.75) is 39.9 Å². The number of carbonyl (C=O) groups is 1. The van der Waals surface area contributed by atoms with Crippen LogP contribution >= 0.6 is 0 Å². The fourth-order valence-electron chi connectivity index (χ4n) is 4.60. The Morgan fingerprint density at radius 3 is 2.53 bits per heavy atom. The van der Waals surface area contributed by atoms with Gasteiger partial charge in [0.2, 0.25) is 0 Å². The normalized spacial score (nSPS) is 13.7. The van der Waals surface area contributed by atoms with Gasteiger partial charge in [0, 0.05) is 37.2 Å². The van der Waals surface area contributed by atoms with Crippen LogP contribution in [-0.4, -0.2) is 25.4 Å². The number of carboxylic acid groups (broad SMARTS) is 1. The lowest BCUT2D eigenvalue weighted by Crippen LogP contribution is -2.27. The summed E-state index contributed by atoms with van der Waals surface area (Å²) in [5.41, 5.74) is 5.79. The Hall–Kier alpha value is -4.20. The van der Waals surface area contributed by atoms with Crippen molar-refractivity contribution >= 4 is 23.1 Å². The molecule has 4 heterocycles. The number of benzene rings is 1. The maximum atomic E-state index is 13.4. The van der Waals surface area contributed by atoms with Crippen LogP contribution in [0.5, 0.6) is 0 Å². The molecule has 1 aromatic carbocycles. The van der Waals surface area contributed by atoms with Crippen LogP contribution in [0.15, 0.2) is 59.8 Å². The number of nitrogens with one attached hydrogen (secondary N) is 1. The topological polar surface area (TPSA) is 99.8 Å². The van der Waals surface area contributed by atoms with Crippen molar-refractivity contribution in [2.75, 3.05) is 10.2 Å². The zero-order valence-corrected chi connectivity index (χ0v) is 19.2. The van der Waals surface area contributed by atoms with Gasteiger partial charge in [-0.15, -0.1) is 0 Å². The molecule has 0 unspecified atom stereocenters. The van der Waals surface area contributed by atoms with Crippen molar-refractivity contribution < 1.29 is 9.90 Å². The van der Waals surface area contributed by atoms with Crippen LogP contribution < -0.4 is 15.8 Å². The molecule has 172 valence electrons. The zero-order chi connectivity index (χ0) is 24.0. The molecule has 0 saturated carbocycles. The van der Waals surface area contributed by atoms with Gasteiger partial charge in [-0.2, -0.15) is 0 Å². The molecule has 0 spiro atoms. The summed E-state index contributed by atoms with van der Waals surface area (Å²) >= 11 is 0. The van der Waals surface area contributed by atoms with E-state index in [0.29, 0.717) is 35.8 Å². The Morgan fingerprint density at radius 2 is 1.85 bits per heavy atom. The third-order valence-corrected chi connectivity index (χ3v) is 6.32. The van der Waals surface area contributed by atoms with Gasteiger partial charge in [0.05, 0.1) is 17.3 Å². The molecule has 0 fully saturated rings. The van der Waals surface area contributed by atoms with Crippen LogP contribution in [0.3, 0.4) is 0 Å². The van der Waals surface area contributed by atoms with E-state index in [1.807, 2.05) is 39.0 Å². The van der Waals surface area contributed by atoms with Gasteiger partial charge >= 0.3 is 5.97 Å². The third kappa shape index (κ3) is 3.67. The summed E-state index contributed by atoms with van der Waals surface area (Å²) in [6, 6.07) is 11.6. The van der Waals surface area contributed by atoms with E-state index < -0.39 is 5.97 Å². The number of pyridine rings is 2. The number of fused-ring (bicyclic) bond motifs is 2. The average Bonchev–Trinajstić information content (AvgIpc) is 3.25. The Kier molecular flexibility index (Phi) is 5.28. The van der Waals surface area contributed by atoms with Gasteiger partial charge in [0.25, 0.3) is 5.56 Å². The molecule has 1 aliphatic rings. The molecule has 1 atom stereocenters. The van der Waals surface area contributed by atoms with Crippen LogP contribution in [-0.2, 0) is 13.1 Å². The van der Waals surface area contributed by atoms with E-state index >= 15 is 0 Å². The van der Waals surface area contributed by atoms with Gasteiger partial charge in [-0.1, -0.05) is 24.3 Å². The molecule has 0 radical (unpaired) electrons. The second kappa shape index (κ2) is 8.30. The minimum atomic E-state index is -1.06. The number of aromatic nitrogens is 3. The molecule has 0 saturated heterocycles. The summed E-state index contributed by atoms with van der Waals surface area (Å²) in [5, 5.41) is 12.8. The maximum Gasteiger partial charge on any atom is 0.339 e. The third-order valence-electron chi connectivity index (χ3n) is 6.32. The zero-order valence-electron chi connectivity index (χ0n) is 19.2. The maximum absolute atomic E-state index is 13.4. The Labute approximate surface area is 196 Å². The average molecular weight is 456 g/mol. The fourth-order valence-corrected chi connectivity index (χ4v) is 4.60. The quantitative estimate of drug-likeness (QED) is 0.467. The molecule has 0 bridgehead atoms. The molecule has 2 N–H and O–H groups in total. The van der Waals surface area contributed by atoms with Gasteiger partial charge in [-0.05, 0) is 49.6 Å². The Morgan fingerprint density at radius 1 is 1.15 bits per heavy atom. The van der Waals surface area contributed by atoms with Crippen LogP contribution in [0.1, 0.15) is 51.1 Å². The lowest BCUT2D eigenvalue weighted by atomic mass is 10.1. The number of hydrogen-bond acceptors (Lipinski definition) is 6. The van der Waals surface area contributed by atoms with Crippen LogP contribution in [0, 0.1) is 13.8 Å². The van der Waals surface area contributed by atoms with Gasteiger partial charge in [0.15, 0.2) is 0 Å². The summed E-state index contributed by atoms with van der Waals surface area (Å²) in [6.07, 6.45) is 4.66. The van der Waals surface area contributed by atoms with Crippen LogP contribution in [0.25, 0.3) is 5.65 Å². The van der Waals surface area contributed by atoms with Gasteiger partial charge < -0.3 is 15.3 Å². The fraction of sp³-hybridized carbons (Fsp3) is 0.231. The van der Waals surface area contributed by atoms with Crippen molar-refractivity contribution in [1.29, 1.82) is 0 Å². The number of nitrogens with zero attached hydrogens (tertiary/aromatic N) is 4. The number of carboxylic acids is 1. The lowest BCUT2D eigenvalue weighted by molar-refractivity contribution is 0.0697. The van der Waals surface area contributed by atoms with Crippen molar-refractivity contribution in [3.8, 4) is 0 Å². The Bertz CT molecular complexity index is 1470. The van der Waals surface area contributed by atoms with Crippen molar-refractivity contribution in [2.24, 2.45) is 0 Å². The summed E-state index contributed by atoms with van der Waals surface area (Å²) < 4.78 is 1.59. The first kappa shape index (κ1) is 21.6. The summed E-state index contributed by atoms with van der Waals surface area (Å²) in [7, 11) is 0. The highest BCUT2D eigenvalue weighted by molar-refractivity contribution is 5.93. The van der Waals surface area contributed by atoms with Crippen molar-refractivity contribution in [3.63, 3.8) is 0 Å². The molecule has 1 aliphatic heterocycles. The lowest BCUT2D eigenvalue weighted by Gasteiger charge is -2.23. The van der Waals surface area contributed by atoms with Gasteiger partial charge in [-0.3, -0.25) is 14.2 Å². The number of hydrogen-bond donors (Lipinski definition) is 2. The monoisotopic (exact) mass is 455 g/mol. The predicted octanol–water partition coefficient (Wildman–Crippen LogP) is 4.10. The highest BCUT2D eigenvalue weighted by Crippen LogP contribution is 2.30. The number of anilines is 2. The molecule has 3 aromatic heterocycles. The van der Waals surface area contributed by atoms with Crippen LogP contribution in [0.4, 0.5) is 11.5 Å². The summed E-state index contributed by atoms with van der Waals surface area (Å²) in [6.45, 7) is 7.08. The number of rotatable bonds is 5. The predicted molar refractivity (Wildman–Crippen MR) is 130 cm³/mol. The smallest absolute Gasteiger partial charge is 0.339 e. The molecule has 5 rings (SSSR count). The van der Waals surface area contributed by atoms with E-state index in [0.717, 1.165) is 11.1 Å². The van der Waals surface area contributed by atoms with Crippen molar-refractivity contribution in [1.82, 2.24) is 14.4 Å². The molecule has 0 aliphatic carbocycles. The van der Waals surface area contributed by atoms with E-state index in [9.17, 15) is 14.7 Å². The first-order valence-electron chi connectivity index (χ1n) is 11.1. The highest BCUT2D eigenvalue weighted by Gasteiger charge is 2.24. The minimum absolute atomic E-state index is 0.0859. The largest absolute Gasteiger partial charge is 0.478 e. The second-order valence-corrected chi connectivity index (χ2v) is 8.75. The van der Waals surface area contributed by atoms with Crippen molar-refractivity contribution in [3.05, 3.63) is 98.7 Å². The van der Waals surface area contributed by atoms with E-state index in [4.69, 9.17) is 4.98 Å². The molecule has 8 heteroatoms.